The van der Waals surface area contributed by atoms with Crippen LogP contribution in [0.5, 0.6) is 11.5 Å². The summed E-state index contributed by atoms with van der Waals surface area (Å²) in [7, 11) is 1.44. The monoisotopic (exact) mass is 363 g/mol. The number of nitro groups is 1. The highest BCUT2D eigenvalue weighted by Gasteiger charge is 2.12. The molecule has 25 heavy (non-hydrogen) atoms. The summed E-state index contributed by atoms with van der Waals surface area (Å²) < 4.78 is 10.9. The van der Waals surface area contributed by atoms with Crippen LogP contribution in [0.2, 0.25) is 5.02 Å². The number of carboxylic acids is 1. The van der Waals surface area contributed by atoms with E-state index in [1.54, 1.807) is 24.3 Å². The zero-order valence-electron chi connectivity index (χ0n) is 13.1. The third-order valence-electron chi connectivity index (χ3n) is 3.20. The lowest BCUT2D eigenvalue weighted by Gasteiger charge is -2.13. The van der Waals surface area contributed by atoms with Crippen LogP contribution in [0.25, 0.3) is 6.08 Å². The fourth-order valence-corrected chi connectivity index (χ4v) is 2.29. The number of hydrogen-bond acceptors (Lipinski definition) is 5. The summed E-state index contributed by atoms with van der Waals surface area (Å²) in [6, 6.07) is 9.09. The molecule has 1 N–H and O–H groups in total. The van der Waals surface area contributed by atoms with Crippen molar-refractivity contribution in [2.24, 2.45) is 0 Å². The maximum Gasteiger partial charge on any atom is 0.328 e. The minimum atomic E-state index is -1.08. The van der Waals surface area contributed by atoms with Crippen LogP contribution >= 0.6 is 11.6 Å². The van der Waals surface area contributed by atoms with Gasteiger partial charge >= 0.3 is 5.97 Å². The van der Waals surface area contributed by atoms with Gasteiger partial charge in [0.15, 0.2) is 11.5 Å². The van der Waals surface area contributed by atoms with Gasteiger partial charge in [0.05, 0.1) is 17.1 Å². The van der Waals surface area contributed by atoms with Gasteiger partial charge in [-0.15, -0.1) is 0 Å². The third kappa shape index (κ3) is 4.95. The summed E-state index contributed by atoms with van der Waals surface area (Å²) in [5, 5.41) is 19.6. The summed E-state index contributed by atoms with van der Waals surface area (Å²) in [6.45, 7) is 0.137. The van der Waals surface area contributed by atoms with Gasteiger partial charge < -0.3 is 14.6 Å². The Morgan fingerprint density at radius 1 is 1.32 bits per heavy atom. The van der Waals surface area contributed by atoms with Crippen molar-refractivity contribution < 1.29 is 24.3 Å². The molecule has 0 aliphatic carbocycles. The summed E-state index contributed by atoms with van der Waals surface area (Å²) in [4.78, 5) is 20.8. The van der Waals surface area contributed by atoms with Crippen molar-refractivity contribution in [3.8, 4) is 11.5 Å². The molecule has 0 heterocycles. The minimum absolute atomic E-state index is 0.00562. The number of non-ortho nitro benzene ring substituents is 1. The molecule has 8 heteroatoms. The van der Waals surface area contributed by atoms with Crippen LogP contribution in [0.3, 0.4) is 0 Å². The summed E-state index contributed by atoms with van der Waals surface area (Å²) >= 11 is 6.19. The molecule has 0 bridgehead atoms. The molecule has 2 rings (SSSR count). The highest BCUT2D eigenvalue weighted by Crippen LogP contribution is 2.37. The van der Waals surface area contributed by atoms with Crippen LogP contribution in [0.1, 0.15) is 11.1 Å². The molecule has 0 radical (unpaired) electrons. The number of rotatable bonds is 7. The van der Waals surface area contributed by atoms with Crippen LogP contribution < -0.4 is 9.47 Å². The van der Waals surface area contributed by atoms with Crippen LogP contribution in [0.4, 0.5) is 5.69 Å². The highest BCUT2D eigenvalue weighted by atomic mass is 35.5. The zero-order valence-corrected chi connectivity index (χ0v) is 13.9. The van der Waals surface area contributed by atoms with Crippen molar-refractivity contribution in [1.82, 2.24) is 0 Å². The van der Waals surface area contributed by atoms with Crippen molar-refractivity contribution in [3.63, 3.8) is 0 Å². The number of carbonyl (C=O) groups is 1. The molecule has 7 nitrogen and oxygen atoms in total. The van der Waals surface area contributed by atoms with Gasteiger partial charge in [0.2, 0.25) is 0 Å². The molecule has 0 atom stereocenters. The maximum absolute atomic E-state index is 10.6. The summed E-state index contributed by atoms with van der Waals surface area (Å²) in [5.74, 6) is -0.428. The molecule has 0 spiro atoms. The number of nitrogens with zero attached hydrogens (tertiary/aromatic N) is 1. The van der Waals surface area contributed by atoms with E-state index in [2.05, 4.69) is 0 Å². The van der Waals surface area contributed by atoms with E-state index < -0.39 is 10.9 Å². The highest BCUT2D eigenvalue weighted by molar-refractivity contribution is 6.32. The second kappa shape index (κ2) is 8.16. The van der Waals surface area contributed by atoms with Gasteiger partial charge in [-0.1, -0.05) is 11.6 Å². The maximum atomic E-state index is 10.6. The van der Waals surface area contributed by atoms with E-state index in [0.29, 0.717) is 17.1 Å². The van der Waals surface area contributed by atoms with Crippen LogP contribution in [-0.4, -0.2) is 23.1 Å². The molecule has 0 saturated heterocycles. The molecule has 2 aromatic carbocycles. The molecule has 130 valence electrons. The molecule has 0 unspecified atom stereocenters. The number of ether oxygens (including phenoxy) is 2. The minimum Gasteiger partial charge on any atom is -0.493 e. The molecule has 0 aliphatic heterocycles. The second-order valence-electron chi connectivity index (χ2n) is 4.92. The number of halogens is 1. The number of carboxylic acid groups (broad SMARTS) is 1. The van der Waals surface area contributed by atoms with Crippen LogP contribution in [0.15, 0.2) is 42.5 Å². The number of hydrogen-bond donors (Lipinski definition) is 1. The number of benzene rings is 2. The predicted molar refractivity (Wildman–Crippen MR) is 92.1 cm³/mol. The summed E-state index contributed by atoms with van der Waals surface area (Å²) in [5.41, 5.74) is 1.26. The SMILES string of the molecule is COc1cc(C=CC(=O)O)cc(Cl)c1OCc1ccc([N+](=O)[O-])cc1. The Bertz CT molecular complexity index is 817. The molecule has 0 amide bonds. The van der Waals surface area contributed by atoms with E-state index in [4.69, 9.17) is 26.2 Å². The molecule has 2 aromatic rings. The first-order chi connectivity index (χ1) is 11.9. The van der Waals surface area contributed by atoms with E-state index in [1.807, 2.05) is 0 Å². The summed E-state index contributed by atoms with van der Waals surface area (Å²) in [6.07, 6.45) is 2.37. The van der Waals surface area contributed by atoms with Gasteiger partial charge in [-0.2, -0.15) is 0 Å². The van der Waals surface area contributed by atoms with Crippen molar-refractivity contribution in [2.45, 2.75) is 6.61 Å². The van der Waals surface area contributed by atoms with Gasteiger partial charge in [-0.05, 0) is 41.5 Å². The van der Waals surface area contributed by atoms with Crippen LogP contribution in [0, 0.1) is 10.1 Å². The smallest absolute Gasteiger partial charge is 0.328 e. The molecule has 0 aromatic heterocycles. The molecular formula is C17H14ClNO6. The largest absolute Gasteiger partial charge is 0.493 e. The Hall–Kier alpha value is -3.06. The van der Waals surface area contributed by atoms with Crippen molar-refractivity contribution in [3.05, 3.63) is 68.7 Å². The Morgan fingerprint density at radius 3 is 2.56 bits per heavy atom. The first-order valence-electron chi connectivity index (χ1n) is 7.05. The van der Waals surface area contributed by atoms with Crippen molar-refractivity contribution in [2.75, 3.05) is 7.11 Å². The Balaban J connectivity index is 2.18. The third-order valence-corrected chi connectivity index (χ3v) is 3.48. The van der Waals surface area contributed by atoms with E-state index in [-0.39, 0.29) is 17.3 Å². The Morgan fingerprint density at radius 2 is 2.00 bits per heavy atom. The van der Waals surface area contributed by atoms with Crippen molar-refractivity contribution in [1.29, 1.82) is 0 Å². The topological polar surface area (TPSA) is 98.9 Å². The first-order valence-corrected chi connectivity index (χ1v) is 7.43. The normalized spacial score (nSPS) is 10.6. The predicted octanol–water partition coefficient (Wildman–Crippen LogP) is 3.93. The number of aliphatic carboxylic acids is 1. The standard InChI is InChI=1S/C17H14ClNO6/c1-24-15-9-12(4-7-16(20)21)8-14(18)17(15)25-10-11-2-5-13(6-3-11)19(22)23/h2-9H,10H2,1H3,(H,20,21). The Labute approximate surface area is 148 Å². The zero-order chi connectivity index (χ0) is 18.4. The molecule has 0 fully saturated rings. The Kier molecular flexibility index (Phi) is 5.97. The lowest BCUT2D eigenvalue weighted by molar-refractivity contribution is -0.384. The van der Waals surface area contributed by atoms with Gasteiger partial charge in [-0.3, -0.25) is 10.1 Å². The average molecular weight is 364 g/mol. The van der Waals surface area contributed by atoms with Gasteiger partial charge in [-0.25, -0.2) is 4.79 Å². The second-order valence-corrected chi connectivity index (χ2v) is 5.33. The lowest BCUT2D eigenvalue weighted by Crippen LogP contribution is -1.99. The van der Waals surface area contributed by atoms with Gasteiger partial charge in [0.25, 0.3) is 5.69 Å². The lowest BCUT2D eigenvalue weighted by atomic mass is 10.2. The molecule has 0 saturated carbocycles. The molecular weight excluding hydrogens is 350 g/mol. The fourth-order valence-electron chi connectivity index (χ4n) is 2.01. The van der Waals surface area contributed by atoms with Gasteiger partial charge in [0.1, 0.15) is 6.61 Å². The molecule has 0 aliphatic rings. The average Bonchev–Trinajstić information content (AvgIpc) is 2.58. The first kappa shape index (κ1) is 18.3. The number of nitro benzene ring substituents is 1. The van der Waals surface area contributed by atoms with Crippen molar-refractivity contribution >= 4 is 29.3 Å². The van der Waals surface area contributed by atoms with E-state index >= 15 is 0 Å². The van der Waals surface area contributed by atoms with Crippen LogP contribution in [-0.2, 0) is 11.4 Å². The quantitative estimate of drug-likeness (QED) is 0.454. The fraction of sp³-hybridized carbons (Fsp3) is 0.118. The number of methoxy groups -OCH3 is 1. The van der Waals surface area contributed by atoms with E-state index in [9.17, 15) is 14.9 Å². The van der Waals surface area contributed by atoms with E-state index in [1.165, 1.54) is 25.3 Å². The van der Waals surface area contributed by atoms with Gasteiger partial charge in [0, 0.05) is 18.2 Å². The van der Waals surface area contributed by atoms with E-state index in [0.717, 1.165) is 11.6 Å².